The molecule has 0 saturated carbocycles. The van der Waals surface area contributed by atoms with Crippen LogP contribution in [0.5, 0.6) is 0 Å². The molecule has 16 heavy (non-hydrogen) atoms. The number of anilines is 1. The van der Waals surface area contributed by atoms with Gasteiger partial charge in [0.1, 0.15) is 0 Å². The second-order valence-electron chi connectivity index (χ2n) is 3.40. The molecule has 0 radical (unpaired) electrons. The van der Waals surface area contributed by atoms with Crippen molar-refractivity contribution in [3.05, 3.63) is 29.8 Å². The fourth-order valence-electron chi connectivity index (χ4n) is 1.42. The van der Waals surface area contributed by atoms with Gasteiger partial charge in [0, 0.05) is 26.0 Å². The number of nitrogens with one attached hydrogen (secondary N) is 1. The van der Waals surface area contributed by atoms with Crippen LogP contribution in [0.25, 0.3) is 0 Å². The Morgan fingerprint density at radius 2 is 1.75 bits per heavy atom. The second kappa shape index (κ2) is 5.77. The van der Waals surface area contributed by atoms with Crippen molar-refractivity contribution in [1.29, 1.82) is 0 Å². The van der Waals surface area contributed by atoms with Crippen molar-refractivity contribution in [2.24, 2.45) is 0 Å². The third-order valence-electron chi connectivity index (χ3n) is 2.19. The molecule has 1 aromatic carbocycles. The fourth-order valence-corrected chi connectivity index (χ4v) is 1.42. The highest BCUT2D eigenvalue weighted by Gasteiger charge is 2.15. The van der Waals surface area contributed by atoms with Gasteiger partial charge in [-0.2, -0.15) is 0 Å². The average Bonchev–Trinajstić information content (AvgIpc) is 2.25. The lowest BCUT2D eigenvalue weighted by Crippen LogP contribution is -2.33. The molecule has 0 bridgehead atoms. The van der Waals surface area contributed by atoms with Gasteiger partial charge in [-0.25, -0.2) is 8.78 Å². The molecule has 0 spiro atoms. The Hall–Kier alpha value is -1.20. The lowest BCUT2D eigenvalue weighted by Gasteiger charge is -2.23. The van der Waals surface area contributed by atoms with Crippen molar-refractivity contribution in [2.75, 3.05) is 19.5 Å². The molecule has 1 aromatic rings. The monoisotopic (exact) mass is 231 g/mol. The van der Waals surface area contributed by atoms with Crippen molar-refractivity contribution in [3.63, 3.8) is 0 Å². The van der Waals surface area contributed by atoms with Crippen LogP contribution in [0, 0.1) is 11.6 Å². The molecule has 0 heterocycles. The van der Waals surface area contributed by atoms with Crippen LogP contribution < -0.4 is 5.32 Å². The molecular weight excluding hydrogens is 216 g/mol. The van der Waals surface area contributed by atoms with Crippen molar-refractivity contribution >= 4 is 5.69 Å². The summed E-state index contributed by atoms with van der Waals surface area (Å²) in [5.74, 6) is -1.75. The summed E-state index contributed by atoms with van der Waals surface area (Å²) >= 11 is 0. The molecule has 1 atom stereocenters. The first-order valence-electron chi connectivity index (χ1n) is 4.85. The van der Waals surface area contributed by atoms with E-state index in [-0.39, 0.29) is 6.04 Å². The Kier molecular flexibility index (Phi) is 4.64. The third-order valence-corrected chi connectivity index (χ3v) is 2.19. The predicted molar refractivity (Wildman–Crippen MR) is 57.2 cm³/mol. The summed E-state index contributed by atoms with van der Waals surface area (Å²) in [6.45, 7) is 1.82. The first-order valence-corrected chi connectivity index (χ1v) is 4.85. The maximum Gasteiger partial charge on any atom is 0.176 e. The molecule has 1 N–H and O–H groups in total. The largest absolute Gasteiger partial charge is 0.377 e. The zero-order valence-corrected chi connectivity index (χ0v) is 9.46. The molecule has 90 valence electrons. The number of halogens is 2. The molecule has 1 rings (SSSR count). The van der Waals surface area contributed by atoms with Crippen LogP contribution in [0.15, 0.2) is 18.2 Å². The molecule has 0 amide bonds. The van der Waals surface area contributed by atoms with Gasteiger partial charge in [-0.3, -0.25) is 0 Å². The Bertz CT molecular complexity index is 343. The average molecular weight is 231 g/mol. The summed E-state index contributed by atoms with van der Waals surface area (Å²) in [7, 11) is 3.02. The highest BCUT2D eigenvalue weighted by atomic mass is 19.2. The van der Waals surface area contributed by atoms with Gasteiger partial charge in [-0.1, -0.05) is 0 Å². The highest BCUT2D eigenvalue weighted by molar-refractivity contribution is 5.44. The van der Waals surface area contributed by atoms with E-state index >= 15 is 0 Å². The first-order chi connectivity index (χ1) is 7.58. The van der Waals surface area contributed by atoms with E-state index in [1.54, 1.807) is 0 Å². The molecule has 1 unspecified atom stereocenters. The maximum atomic E-state index is 12.9. The number of hydrogen-bond donors (Lipinski definition) is 1. The van der Waals surface area contributed by atoms with E-state index in [9.17, 15) is 8.78 Å². The van der Waals surface area contributed by atoms with Gasteiger partial charge in [0.15, 0.2) is 17.9 Å². The van der Waals surface area contributed by atoms with E-state index in [0.717, 1.165) is 12.1 Å². The van der Waals surface area contributed by atoms with Gasteiger partial charge in [0.05, 0.1) is 6.04 Å². The molecule has 0 aromatic heterocycles. The van der Waals surface area contributed by atoms with Crippen LogP contribution in [0.3, 0.4) is 0 Å². The van der Waals surface area contributed by atoms with E-state index in [1.165, 1.54) is 20.3 Å². The Morgan fingerprint density at radius 3 is 2.25 bits per heavy atom. The lowest BCUT2D eigenvalue weighted by molar-refractivity contribution is -0.109. The number of methoxy groups -OCH3 is 2. The molecule has 0 aliphatic rings. The minimum absolute atomic E-state index is 0.181. The smallest absolute Gasteiger partial charge is 0.176 e. The fraction of sp³-hybridized carbons (Fsp3) is 0.455. The summed E-state index contributed by atoms with van der Waals surface area (Å²) in [6.07, 6.45) is -0.451. The SMILES string of the molecule is COC(OC)C(C)Nc1ccc(F)c(F)c1. The second-order valence-corrected chi connectivity index (χ2v) is 3.40. The zero-order valence-electron chi connectivity index (χ0n) is 9.46. The van der Waals surface area contributed by atoms with Crippen molar-refractivity contribution in [3.8, 4) is 0 Å². The number of rotatable bonds is 5. The zero-order chi connectivity index (χ0) is 12.1. The van der Waals surface area contributed by atoms with Gasteiger partial charge >= 0.3 is 0 Å². The molecular formula is C11H15F2NO2. The van der Waals surface area contributed by atoms with Gasteiger partial charge in [0.25, 0.3) is 0 Å². The Balaban J connectivity index is 2.69. The van der Waals surface area contributed by atoms with Crippen LogP contribution in [0.4, 0.5) is 14.5 Å². The quantitative estimate of drug-likeness (QED) is 0.789. The molecule has 0 saturated heterocycles. The third kappa shape index (κ3) is 3.15. The maximum absolute atomic E-state index is 12.9. The van der Waals surface area contributed by atoms with Crippen LogP contribution >= 0.6 is 0 Å². The highest BCUT2D eigenvalue weighted by Crippen LogP contribution is 2.15. The van der Waals surface area contributed by atoms with Gasteiger partial charge in [-0.15, -0.1) is 0 Å². The van der Waals surface area contributed by atoms with E-state index in [4.69, 9.17) is 9.47 Å². The predicted octanol–water partition coefficient (Wildman–Crippen LogP) is 2.38. The van der Waals surface area contributed by atoms with Gasteiger partial charge in [0.2, 0.25) is 0 Å². The Morgan fingerprint density at radius 1 is 1.12 bits per heavy atom. The van der Waals surface area contributed by atoms with Gasteiger partial charge < -0.3 is 14.8 Å². The van der Waals surface area contributed by atoms with E-state index < -0.39 is 17.9 Å². The molecule has 0 aliphatic heterocycles. The number of hydrogen-bond acceptors (Lipinski definition) is 3. The Labute approximate surface area is 93.4 Å². The van der Waals surface area contributed by atoms with Crippen molar-refractivity contribution < 1.29 is 18.3 Å². The number of ether oxygens (including phenoxy) is 2. The lowest BCUT2D eigenvalue weighted by atomic mass is 10.2. The molecule has 0 aliphatic carbocycles. The van der Waals surface area contributed by atoms with E-state index in [1.807, 2.05) is 6.92 Å². The molecule has 3 nitrogen and oxygen atoms in total. The van der Waals surface area contributed by atoms with E-state index in [0.29, 0.717) is 5.69 Å². The summed E-state index contributed by atoms with van der Waals surface area (Å²) in [5.41, 5.74) is 0.477. The van der Waals surface area contributed by atoms with Crippen LogP contribution in [0.1, 0.15) is 6.92 Å². The summed E-state index contributed by atoms with van der Waals surface area (Å²) in [5, 5.41) is 2.96. The number of benzene rings is 1. The topological polar surface area (TPSA) is 30.5 Å². The van der Waals surface area contributed by atoms with Crippen molar-refractivity contribution in [2.45, 2.75) is 19.3 Å². The van der Waals surface area contributed by atoms with Crippen LogP contribution in [0.2, 0.25) is 0 Å². The minimum Gasteiger partial charge on any atom is -0.377 e. The van der Waals surface area contributed by atoms with Gasteiger partial charge in [-0.05, 0) is 19.1 Å². The first kappa shape index (κ1) is 12.9. The summed E-state index contributed by atoms with van der Waals surface area (Å²) < 4.78 is 35.7. The van der Waals surface area contributed by atoms with E-state index in [2.05, 4.69) is 5.32 Å². The minimum atomic E-state index is -0.886. The normalized spacial score (nSPS) is 12.9. The summed E-state index contributed by atoms with van der Waals surface area (Å²) in [6, 6.07) is 3.43. The summed E-state index contributed by atoms with van der Waals surface area (Å²) in [4.78, 5) is 0. The van der Waals surface area contributed by atoms with Crippen LogP contribution in [-0.4, -0.2) is 26.6 Å². The molecule has 0 fully saturated rings. The van der Waals surface area contributed by atoms with Crippen molar-refractivity contribution in [1.82, 2.24) is 0 Å². The standard InChI is InChI=1S/C11H15F2NO2/c1-7(11(15-2)16-3)14-8-4-5-9(12)10(13)6-8/h4-7,11,14H,1-3H3. The van der Waals surface area contributed by atoms with Crippen LogP contribution in [-0.2, 0) is 9.47 Å². The molecule has 5 heteroatoms.